The monoisotopic (exact) mass is 201 g/mol. The lowest BCUT2D eigenvalue weighted by Gasteiger charge is -2.03. The molecule has 0 atom stereocenters. The van der Waals surface area contributed by atoms with Gasteiger partial charge in [0, 0.05) is 12.8 Å². The van der Waals surface area contributed by atoms with E-state index in [1.54, 1.807) is 12.1 Å². The van der Waals surface area contributed by atoms with Crippen LogP contribution in [0.2, 0.25) is 0 Å². The molecule has 0 radical (unpaired) electrons. The summed E-state index contributed by atoms with van der Waals surface area (Å²) in [6, 6.07) is 9.24. The van der Waals surface area contributed by atoms with Crippen molar-refractivity contribution in [2.24, 2.45) is 5.92 Å². The van der Waals surface area contributed by atoms with E-state index < -0.39 is 0 Å². The van der Waals surface area contributed by atoms with Gasteiger partial charge in [-0.25, -0.2) is 0 Å². The SMILES string of the molecule is CC(C)CC(=O)Cc1ccc(C#N)cc1. The average Bonchev–Trinajstić information content (AvgIpc) is 2.17. The van der Waals surface area contributed by atoms with Gasteiger partial charge in [0.1, 0.15) is 5.78 Å². The predicted molar refractivity (Wildman–Crippen MR) is 59.3 cm³/mol. The summed E-state index contributed by atoms with van der Waals surface area (Å²) in [5.41, 5.74) is 1.62. The Bertz CT molecular complexity index is 371. The third kappa shape index (κ3) is 3.95. The van der Waals surface area contributed by atoms with Gasteiger partial charge >= 0.3 is 0 Å². The first-order valence-electron chi connectivity index (χ1n) is 5.12. The van der Waals surface area contributed by atoms with Gasteiger partial charge in [-0.15, -0.1) is 0 Å². The fourth-order valence-electron chi connectivity index (χ4n) is 1.45. The van der Waals surface area contributed by atoms with Gasteiger partial charge in [-0.2, -0.15) is 5.26 Å². The molecular formula is C13H15NO. The minimum absolute atomic E-state index is 0.259. The summed E-state index contributed by atoms with van der Waals surface area (Å²) in [5.74, 6) is 0.672. The van der Waals surface area contributed by atoms with Crippen LogP contribution in [0.4, 0.5) is 0 Å². The molecule has 0 saturated heterocycles. The van der Waals surface area contributed by atoms with E-state index in [0.29, 0.717) is 24.3 Å². The smallest absolute Gasteiger partial charge is 0.137 e. The van der Waals surface area contributed by atoms with Crippen LogP contribution in [0.15, 0.2) is 24.3 Å². The zero-order valence-electron chi connectivity index (χ0n) is 9.16. The molecule has 0 aliphatic rings. The Morgan fingerprint density at radius 3 is 2.40 bits per heavy atom. The van der Waals surface area contributed by atoms with E-state index in [2.05, 4.69) is 6.07 Å². The van der Waals surface area contributed by atoms with Crippen LogP contribution in [-0.2, 0) is 11.2 Å². The Kier molecular flexibility index (Phi) is 4.05. The van der Waals surface area contributed by atoms with E-state index in [9.17, 15) is 4.79 Å². The van der Waals surface area contributed by atoms with Crippen molar-refractivity contribution in [2.75, 3.05) is 0 Å². The van der Waals surface area contributed by atoms with Crippen molar-refractivity contribution in [3.05, 3.63) is 35.4 Å². The Balaban J connectivity index is 2.58. The highest BCUT2D eigenvalue weighted by molar-refractivity contribution is 5.81. The number of carbonyl (C=O) groups excluding carboxylic acids is 1. The van der Waals surface area contributed by atoms with E-state index in [-0.39, 0.29) is 5.78 Å². The molecule has 0 saturated carbocycles. The molecule has 0 spiro atoms. The number of ketones is 1. The molecule has 0 unspecified atom stereocenters. The molecule has 0 bridgehead atoms. The van der Waals surface area contributed by atoms with Gasteiger partial charge in [0.2, 0.25) is 0 Å². The lowest BCUT2D eigenvalue weighted by atomic mass is 10.0. The van der Waals surface area contributed by atoms with Crippen molar-refractivity contribution >= 4 is 5.78 Å². The minimum atomic E-state index is 0.259. The maximum Gasteiger partial charge on any atom is 0.137 e. The molecule has 0 amide bonds. The number of benzene rings is 1. The molecule has 15 heavy (non-hydrogen) atoms. The number of Topliss-reactive ketones (excluding diaryl/α,β-unsaturated/α-hetero) is 1. The van der Waals surface area contributed by atoms with Gasteiger partial charge < -0.3 is 0 Å². The quantitative estimate of drug-likeness (QED) is 0.751. The van der Waals surface area contributed by atoms with E-state index >= 15 is 0 Å². The van der Waals surface area contributed by atoms with Crippen molar-refractivity contribution in [2.45, 2.75) is 26.7 Å². The molecule has 0 aromatic heterocycles. The molecule has 1 aromatic carbocycles. The third-order valence-electron chi connectivity index (χ3n) is 2.12. The number of carbonyl (C=O) groups is 1. The number of hydrogen-bond acceptors (Lipinski definition) is 2. The summed E-state index contributed by atoms with van der Waals surface area (Å²) in [5, 5.41) is 8.61. The number of rotatable bonds is 4. The van der Waals surface area contributed by atoms with Crippen LogP contribution in [0.25, 0.3) is 0 Å². The van der Waals surface area contributed by atoms with Crippen molar-refractivity contribution in [1.29, 1.82) is 5.26 Å². The highest BCUT2D eigenvalue weighted by Gasteiger charge is 2.06. The molecule has 2 nitrogen and oxygen atoms in total. The summed E-state index contributed by atoms with van der Waals surface area (Å²) in [6.07, 6.45) is 1.10. The lowest BCUT2D eigenvalue weighted by Crippen LogP contribution is -2.06. The number of nitrogens with zero attached hydrogens (tertiary/aromatic N) is 1. The fraction of sp³-hybridized carbons (Fsp3) is 0.385. The summed E-state index contributed by atoms with van der Waals surface area (Å²) in [7, 11) is 0. The summed E-state index contributed by atoms with van der Waals surface area (Å²) in [4.78, 5) is 11.5. The maximum atomic E-state index is 11.5. The molecule has 0 heterocycles. The van der Waals surface area contributed by atoms with Crippen LogP contribution in [0.1, 0.15) is 31.4 Å². The first kappa shape index (κ1) is 11.5. The molecule has 0 aliphatic heterocycles. The fourth-order valence-corrected chi connectivity index (χ4v) is 1.45. The Morgan fingerprint density at radius 1 is 1.33 bits per heavy atom. The van der Waals surface area contributed by atoms with Crippen molar-refractivity contribution in [3.63, 3.8) is 0 Å². The van der Waals surface area contributed by atoms with Crippen LogP contribution < -0.4 is 0 Å². The van der Waals surface area contributed by atoms with Crippen molar-refractivity contribution in [3.8, 4) is 6.07 Å². The largest absolute Gasteiger partial charge is 0.299 e. The molecule has 0 fully saturated rings. The molecule has 1 aromatic rings. The summed E-state index contributed by atoms with van der Waals surface area (Å²) in [6.45, 7) is 4.08. The highest BCUT2D eigenvalue weighted by Crippen LogP contribution is 2.08. The molecule has 0 N–H and O–H groups in total. The zero-order chi connectivity index (χ0) is 11.3. The normalized spacial score (nSPS) is 10.0. The predicted octanol–water partition coefficient (Wildman–Crippen LogP) is 2.72. The van der Waals surface area contributed by atoms with E-state index in [0.717, 1.165) is 5.56 Å². The molecule has 78 valence electrons. The second kappa shape index (κ2) is 5.31. The Labute approximate surface area is 90.5 Å². The summed E-state index contributed by atoms with van der Waals surface area (Å²) >= 11 is 0. The van der Waals surface area contributed by atoms with Gasteiger partial charge in [0.05, 0.1) is 11.6 Å². The third-order valence-corrected chi connectivity index (χ3v) is 2.12. The Morgan fingerprint density at radius 2 is 1.93 bits per heavy atom. The first-order valence-corrected chi connectivity index (χ1v) is 5.12. The molecule has 0 aliphatic carbocycles. The first-order chi connectivity index (χ1) is 7.11. The van der Waals surface area contributed by atoms with Crippen molar-refractivity contribution < 1.29 is 4.79 Å². The summed E-state index contributed by atoms with van der Waals surface area (Å²) < 4.78 is 0. The minimum Gasteiger partial charge on any atom is -0.299 e. The molecule has 1 rings (SSSR count). The van der Waals surface area contributed by atoms with Crippen LogP contribution in [0.5, 0.6) is 0 Å². The molecule has 2 heteroatoms. The Hall–Kier alpha value is -1.62. The van der Waals surface area contributed by atoms with Crippen LogP contribution in [-0.4, -0.2) is 5.78 Å². The topological polar surface area (TPSA) is 40.9 Å². The second-order valence-electron chi connectivity index (χ2n) is 4.12. The van der Waals surface area contributed by atoms with Gasteiger partial charge in [-0.1, -0.05) is 26.0 Å². The van der Waals surface area contributed by atoms with Crippen LogP contribution >= 0.6 is 0 Å². The lowest BCUT2D eigenvalue weighted by molar-refractivity contribution is -0.119. The maximum absolute atomic E-state index is 11.5. The van der Waals surface area contributed by atoms with Gasteiger partial charge in [-0.05, 0) is 23.6 Å². The zero-order valence-corrected chi connectivity index (χ0v) is 9.16. The van der Waals surface area contributed by atoms with E-state index in [4.69, 9.17) is 5.26 Å². The van der Waals surface area contributed by atoms with Gasteiger partial charge in [-0.3, -0.25) is 4.79 Å². The van der Waals surface area contributed by atoms with Gasteiger partial charge in [0.15, 0.2) is 0 Å². The average molecular weight is 201 g/mol. The van der Waals surface area contributed by atoms with E-state index in [1.807, 2.05) is 26.0 Å². The van der Waals surface area contributed by atoms with E-state index in [1.165, 1.54) is 0 Å². The van der Waals surface area contributed by atoms with Crippen LogP contribution in [0, 0.1) is 17.2 Å². The van der Waals surface area contributed by atoms with Crippen molar-refractivity contribution in [1.82, 2.24) is 0 Å². The van der Waals surface area contributed by atoms with Crippen LogP contribution in [0.3, 0.4) is 0 Å². The standard InChI is InChI=1S/C13H15NO/c1-10(2)7-13(15)8-11-3-5-12(9-14)6-4-11/h3-6,10H,7-8H2,1-2H3. The van der Waals surface area contributed by atoms with Gasteiger partial charge in [0.25, 0.3) is 0 Å². The highest BCUT2D eigenvalue weighted by atomic mass is 16.1. The second-order valence-corrected chi connectivity index (χ2v) is 4.12. The number of nitriles is 1. The number of hydrogen-bond donors (Lipinski definition) is 0. The molecular weight excluding hydrogens is 186 g/mol.